The van der Waals surface area contributed by atoms with Crippen LogP contribution < -0.4 is 15.8 Å². The van der Waals surface area contributed by atoms with Gasteiger partial charge in [-0.1, -0.05) is 0 Å². The fourth-order valence-corrected chi connectivity index (χ4v) is 1.54. The van der Waals surface area contributed by atoms with Gasteiger partial charge in [0.15, 0.2) is 0 Å². The summed E-state index contributed by atoms with van der Waals surface area (Å²) in [6.07, 6.45) is 1.81. The van der Waals surface area contributed by atoms with E-state index in [9.17, 15) is 4.79 Å². The second-order valence-electron chi connectivity index (χ2n) is 3.91. The number of anilines is 1. The predicted octanol–water partition coefficient (Wildman–Crippen LogP) is 1.43. The number of carbonyl (C=O) groups excluding carboxylic acids is 1. The number of nitrogens with two attached hydrogens (primary N) is 1. The fourth-order valence-electron chi connectivity index (χ4n) is 1.54. The summed E-state index contributed by atoms with van der Waals surface area (Å²) in [5, 5.41) is 2.82. The second kappa shape index (κ2) is 7.55. The number of methoxy groups -OCH3 is 2. The zero-order valence-electron chi connectivity index (χ0n) is 10.9. The van der Waals surface area contributed by atoms with E-state index in [2.05, 4.69) is 5.32 Å². The molecule has 1 aromatic rings. The minimum Gasteiger partial charge on any atom is -0.497 e. The first-order valence-corrected chi connectivity index (χ1v) is 5.89. The quantitative estimate of drug-likeness (QED) is 0.569. The molecule has 0 radical (unpaired) electrons. The van der Waals surface area contributed by atoms with Crippen molar-refractivity contribution in [2.24, 2.45) is 0 Å². The third-order valence-electron chi connectivity index (χ3n) is 2.56. The maximum Gasteiger partial charge on any atom is 0.253 e. The SMILES string of the molecule is COCCCCNC(=O)c1ccc(OC)cc1N. The monoisotopic (exact) mass is 252 g/mol. The van der Waals surface area contributed by atoms with Crippen LogP contribution in [0.4, 0.5) is 5.69 Å². The molecule has 0 aliphatic rings. The molecule has 0 saturated carbocycles. The molecule has 0 fully saturated rings. The van der Waals surface area contributed by atoms with Gasteiger partial charge in [0.25, 0.3) is 5.91 Å². The molecule has 1 rings (SSSR count). The zero-order chi connectivity index (χ0) is 13.4. The lowest BCUT2D eigenvalue weighted by Crippen LogP contribution is -2.25. The Balaban J connectivity index is 2.46. The Morgan fingerprint density at radius 2 is 2.11 bits per heavy atom. The van der Waals surface area contributed by atoms with Crippen molar-refractivity contribution < 1.29 is 14.3 Å². The first-order chi connectivity index (χ1) is 8.69. The summed E-state index contributed by atoms with van der Waals surface area (Å²) < 4.78 is 9.96. The lowest BCUT2D eigenvalue weighted by atomic mass is 10.1. The number of hydrogen-bond acceptors (Lipinski definition) is 4. The Morgan fingerprint density at radius 1 is 1.33 bits per heavy atom. The number of unbranched alkanes of at least 4 members (excludes halogenated alkanes) is 1. The van der Waals surface area contributed by atoms with E-state index in [0.29, 0.717) is 30.2 Å². The molecular weight excluding hydrogens is 232 g/mol. The lowest BCUT2D eigenvalue weighted by Gasteiger charge is -2.08. The molecule has 5 heteroatoms. The van der Waals surface area contributed by atoms with Gasteiger partial charge in [-0.15, -0.1) is 0 Å². The van der Waals surface area contributed by atoms with Crippen LogP contribution in [-0.2, 0) is 4.74 Å². The summed E-state index contributed by atoms with van der Waals surface area (Å²) in [4.78, 5) is 11.8. The van der Waals surface area contributed by atoms with Crippen LogP contribution in [0.2, 0.25) is 0 Å². The van der Waals surface area contributed by atoms with Gasteiger partial charge in [0.05, 0.1) is 12.7 Å². The van der Waals surface area contributed by atoms with Gasteiger partial charge in [0, 0.05) is 32.0 Å². The van der Waals surface area contributed by atoms with Crippen molar-refractivity contribution in [1.82, 2.24) is 5.32 Å². The molecule has 1 amide bonds. The van der Waals surface area contributed by atoms with Crippen molar-refractivity contribution in [2.45, 2.75) is 12.8 Å². The molecule has 100 valence electrons. The number of ether oxygens (including phenoxy) is 2. The van der Waals surface area contributed by atoms with Gasteiger partial charge in [-0.05, 0) is 25.0 Å². The highest BCUT2D eigenvalue weighted by Gasteiger charge is 2.09. The van der Waals surface area contributed by atoms with Crippen LogP contribution in [0.1, 0.15) is 23.2 Å². The number of nitrogens with one attached hydrogen (secondary N) is 1. The number of amides is 1. The average molecular weight is 252 g/mol. The van der Waals surface area contributed by atoms with Crippen molar-refractivity contribution in [3.05, 3.63) is 23.8 Å². The number of hydrogen-bond donors (Lipinski definition) is 2. The molecule has 0 unspecified atom stereocenters. The Hall–Kier alpha value is -1.75. The fraction of sp³-hybridized carbons (Fsp3) is 0.462. The van der Waals surface area contributed by atoms with Gasteiger partial charge >= 0.3 is 0 Å². The molecular formula is C13H20N2O3. The minimum absolute atomic E-state index is 0.160. The van der Waals surface area contributed by atoms with Crippen LogP contribution >= 0.6 is 0 Å². The highest BCUT2D eigenvalue weighted by molar-refractivity contribution is 5.99. The van der Waals surface area contributed by atoms with Crippen molar-refractivity contribution in [1.29, 1.82) is 0 Å². The van der Waals surface area contributed by atoms with E-state index in [1.54, 1.807) is 32.4 Å². The van der Waals surface area contributed by atoms with Gasteiger partial charge in [-0.25, -0.2) is 0 Å². The standard InChI is InChI=1S/C13H20N2O3/c1-17-8-4-3-7-15-13(16)11-6-5-10(18-2)9-12(11)14/h5-6,9H,3-4,7-8,14H2,1-2H3,(H,15,16). The average Bonchev–Trinajstić information content (AvgIpc) is 2.38. The summed E-state index contributed by atoms with van der Waals surface area (Å²) in [6, 6.07) is 5.02. The molecule has 0 atom stereocenters. The van der Waals surface area contributed by atoms with Gasteiger partial charge in [0.1, 0.15) is 5.75 Å². The molecule has 0 aromatic heterocycles. The number of nitrogen functional groups attached to an aromatic ring is 1. The van der Waals surface area contributed by atoms with Crippen LogP contribution in [0.3, 0.4) is 0 Å². The summed E-state index contributed by atoms with van der Waals surface area (Å²) in [5.41, 5.74) is 6.68. The first-order valence-electron chi connectivity index (χ1n) is 5.89. The van der Waals surface area contributed by atoms with Crippen molar-refractivity contribution >= 4 is 11.6 Å². The molecule has 5 nitrogen and oxygen atoms in total. The topological polar surface area (TPSA) is 73.6 Å². The molecule has 0 saturated heterocycles. The van der Waals surface area contributed by atoms with Gasteiger partial charge in [-0.3, -0.25) is 4.79 Å². The minimum atomic E-state index is -0.160. The molecule has 0 heterocycles. The molecule has 0 aliphatic carbocycles. The van der Waals surface area contributed by atoms with Crippen molar-refractivity contribution in [3.8, 4) is 5.75 Å². The van der Waals surface area contributed by atoms with Gasteiger partial charge < -0.3 is 20.5 Å². The van der Waals surface area contributed by atoms with E-state index in [-0.39, 0.29) is 5.91 Å². The van der Waals surface area contributed by atoms with Crippen molar-refractivity contribution in [3.63, 3.8) is 0 Å². The molecule has 18 heavy (non-hydrogen) atoms. The van der Waals surface area contributed by atoms with Crippen LogP contribution in [0.15, 0.2) is 18.2 Å². The Morgan fingerprint density at radius 3 is 2.72 bits per heavy atom. The summed E-state index contributed by atoms with van der Waals surface area (Å²) in [7, 11) is 3.22. The van der Waals surface area contributed by atoms with E-state index in [1.807, 2.05) is 0 Å². The van der Waals surface area contributed by atoms with Crippen LogP contribution in [-0.4, -0.2) is 33.3 Å². The molecule has 1 aromatic carbocycles. The van der Waals surface area contributed by atoms with Gasteiger partial charge in [-0.2, -0.15) is 0 Å². The summed E-state index contributed by atoms with van der Waals surface area (Å²) >= 11 is 0. The van der Waals surface area contributed by atoms with Crippen molar-refractivity contribution in [2.75, 3.05) is 33.1 Å². The smallest absolute Gasteiger partial charge is 0.253 e. The maximum atomic E-state index is 11.8. The van der Waals surface area contributed by atoms with E-state index >= 15 is 0 Å². The second-order valence-corrected chi connectivity index (χ2v) is 3.91. The summed E-state index contributed by atoms with van der Waals surface area (Å²) in [6.45, 7) is 1.33. The summed E-state index contributed by atoms with van der Waals surface area (Å²) in [5.74, 6) is 0.483. The molecule has 0 bridgehead atoms. The van der Waals surface area contributed by atoms with E-state index < -0.39 is 0 Å². The normalized spacial score (nSPS) is 10.1. The lowest BCUT2D eigenvalue weighted by molar-refractivity contribution is 0.0952. The van der Waals surface area contributed by atoms with E-state index in [1.165, 1.54) is 0 Å². The first kappa shape index (κ1) is 14.3. The number of benzene rings is 1. The molecule has 0 spiro atoms. The Kier molecular flexibility index (Phi) is 6.00. The maximum absolute atomic E-state index is 11.8. The Bertz CT molecular complexity index is 394. The van der Waals surface area contributed by atoms with Crippen LogP contribution in [0.5, 0.6) is 5.75 Å². The predicted molar refractivity (Wildman–Crippen MR) is 70.8 cm³/mol. The number of carbonyl (C=O) groups is 1. The highest BCUT2D eigenvalue weighted by atomic mass is 16.5. The Labute approximate surface area is 107 Å². The largest absolute Gasteiger partial charge is 0.497 e. The third kappa shape index (κ3) is 4.25. The molecule has 3 N–H and O–H groups in total. The number of rotatable bonds is 7. The third-order valence-corrected chi connectivity index (χ3v) is 2.56. The highest BCUT2D eigenvalue weighted by Crippen LogP contribution is 2.19. The van der Waals surface area contributed by atoms with Crippen LogP contribution in [0.25, 0.3) is 0 Å². The van der Waals surface area contributed by atoms with E-state index in [4.69, 9.17) is 15.2 Å². The molecule has 0 aliphatic heterocycles. The van der Waals surface area contributed by atoms with E-state index in [0.717, 1.165) is 12.8 Å². The zero-order valence-corrected chi connectivity index (χ0v) is 10.9. The van der Waals surface area contributed by atoms with Crippen LogP contribution in [0, 0.1) is 0 Å². The van der Waals surface area contributed by atoms with Gasteiger partial charge in [0.2, 0.25) is 0 Å².